The zero-order chi connectivity index (χ0) is 12.3. The second-order valence-electron chi connectivity index (χ2n) is 4.56. The SMILES string of the molecule is CN1CCCCC1c1nc(CCC(=O)O)cs1. The molecule has 2 rings (SSSR count). The summed E-state index contributed by atoms with van der Waals surface area (Å²) >= 11 is 1.67. The van der Waals surface area contributed by atoms with Gasteiger partial charge in [-0.05, 0) is 26.4 Å². The van der Waals surface area contributed by atoms with Gasteiger partial charge in [-0.15, -0.1) is 11.3 Å². The van der Waals surface area contributed by atoms with Crippen LogP contribution in [-0.4, -0.2) is 34.6 Å². The fraction of sp³-hybridized carbons (Fsp3) is 0.667. The van der Waals surface area contributed by atoms with Crippen molar-refractivity contribution in [2.24, 2.45) is 0 Å². The quantitative estimate of drug-likeness (QED) is 0.896. The van der Waals surface area contributed by atoms with Crippen molar-refractivity contribution in [2.75, 3.05) is 13.6 Å². The molecule has 2 heterocycles. The highest BCUT2D eigenvalue weighted by atomic mass is 32.1. The van der Waals surface area contributed by atoms with Gasteiger partial charge in [0, 0.05) is 11.8 Å². The van der Waals surface area contributed by atoms with Crippen molar-refractivity contribution in [1.82, 2.24) is 9.88 Å². The Bertz CT molecular complexity index is 392. The van der Waals surface area contributed by atoms with E-state index in [9.17, 15) is 4.79 Å². The van der Waals surface area contributed by atoms with Crippen LogP contribution in [0.1, 0.15) is 42.4 Å². The van der Waals surface area contributed by atoms with Crippen LogP contribution in [0.3, 0.4) is 0 Å². The van der Waals surface area contributed by atoms with Crippen LogP contribution in [0, 0.1) is 0 Å². The molecule has 0 amide bonds. The van der Waals surface area contributed by atoms with Gasteiger partial charge in [-0.2, -0.15) is 0 Å². The highest BCUT2D eigenvalue weighted by molar-refractivity contribution is 7.09. The summed E-state index contributed by atoms with van der Waals surface area (Å²) in [4.78, 5) is 17.4. The number of carboxylic acid groups (broad SMARTS) is 1. The molecule has 1 saturated heterocycles. The summed E-state index contributed by atoms with van der Waals surface area (Å²) in [7, 11) is 2.14. The highest BCUT2D eigenvalue weighted by Gasteiger charge is 2.23. The Morgan fingerprint density at radius 2 is 2.47 bits per heavy atom. The van der Waals surface area contributed by atoms with Crippen molar-refractivity contribution in [2.45, 2.75) is 38.1 Å². The number of thiazole rings is 1. The summed E-state index contributed by atoms with van der Waals surface area (Å²) < 4.78 is 0. The average molecular weight is 254 g/mol. The molecule has 5 heteroatoms. The summed E-state index contributed by atoms with van der Waals surface area (Å²) in [5, 5.41) is 11.8. The second kappa shape index (κ2) is 5.60. The Labute approximate surface area is 105 Å². The average Bonchev–Trinajstić information content (AvgIpc) is 2.75. The van der Waals surface area contributed by atoms with Gasteiger partial charge >= 0.3 is 5.97 Å². The molecule has 1 aromatic rings. The van der Waals surface area contributed by atoms with E-state index in [1.165, 1.54) is 19.3 Å². The molecular formula is C12H18N2O2S. The Morgan fingerprint density at radius 1 is 1.65 bits per heavy atom. The van der Waals surface area contributed by atoms with Crippen LogP contribution >= 0.6 is 11.3 Å². The molecule has 0 saturated carbocycles. The number of hydrogen-bond donors (Lipinski definition) is 1. The molecule has 1 aromatic heterocycles. The van der Waals surface area contributed by atoms with Crippen LogP contribution in [0.4, 0.5) is 0 Å². The molecule has 1 unspecified atom stereocenters. The summed E-state index contributed by atoms with van der Waals surface area (Å²) in [6, 6.07) is 0.437. The number of rotatable bonds is 4. The van der Waals surface area contributed by atoms with Crippen molar-refractivity contribution in [1.29, 1.82) is 0 Å². The monoisotopic (exact) mass is 254 g/mol. The van der Waals surface area contributed by atoms with Crippen molar-refractivity contribution >= 4 is 17.3 Å². The van der Waals surface area contributed by atoms with Crippen LogP contribution in [0.2, 0.25) is 0 Å². The molecule has 0 radical (unpaired) electrons. The Kier molecular flexibility index (Phi) is 4.12. The van der Waals surface area contributed by atoms with Crippen LogP contribution < -0.4 is 0 Å². The van der Waals surface area contributed by atoms with Crippen molar-refractivity contribution in [3.05, 3.63) is 16.1 Å². The van der Waals surface area contributed by atoms with E-state index in [0.717, 1.165) is 17.2 Å². The first-order chi connectivity index (χ1) is 8.16. The van der Waals surface area contributed by atoms with E-state index < -0.39 is 5.97 Å². The Hall–Kier alpha value is -0.940. The fourth-order valence-corrected chi connectivity index (χ4v) is 3.26. The normalized spacial score (nSPS) is 21.6. The molecule has 0 bridgehead atoms. The van der Waals surface area contributed by atoms with Crippen molar-refractivity contribution in [3.8, 4) is 0 Å². The third kappa shape index (κ3) is 3.26. The Morgan fingerprint density at radius 3 is 3.18 bits per heavy atom. The molecule has 1 fully saturated rings. The number of aromatic nitrogens is 1. The van der Waals surface area contributed by atoms with Gasteiger partial charge in [0.2, 0.25) is 0 Å². The lowest BCUT2D eigenvalue weighted by Gasteiger charge is -2.30. The predicted octanol–water partition coefficient (Wildman–Crippen LogP) is 2.32. The molecule has 1 N–H and O–H groups in total. The van der Waals surface area contributed by atoms with Gasteiger partial charge in [0.25, 0.3) is 0 Å². The van der Waals surface area contributed by atoms with Gasteiger partial charge in [0.05, 0.1) is 18.2 Å². The minimum absolute atomic E-state index is 0.170. The van der Waals surface area contributed by atoms with E-state index in [2.05, 4.69) is 16.9 Å². The number of nitrogens with zero attached hydrogens (tertiary/aromatic N) is 2. The first kappa shape index (κ1) is 12.5. The number of piperidine rings is 1. The lowest BCUT2D eigenvalue weighted by molar-refractivity contribution is -0.136. The van der Waals surface area contributed by atoms with Gasteiger partial charge in [-0.1, -0.05) is 6.42 Å². The number of aryl methyl sites for hydroxylation is 1. The smallest absolute Gasteiger partial charge is 0.303 e. The molecule has 0 spiro atoms. The van der Waals surface area contributed by atoms with Crippen LogP contribution in [0.5, 0.6) is 0 Å². The molecule has 4 nitrogen and oxygen atoms in total. The number of aliphatic carboxylic acids is 1. The molecule has 1 aliphatic rings. The zero-order valence-corrected chi connectivity index (χ0v) is 10.9. The third-order valence-electron chi connectivity index (χ3n) is 3.22. The van der Waals surface area contributed by atoms with Crippen molar-refractivity contribution < 1.29 is 9.90 Å². The van der Waals surface area contributed by atoms with Gasteiger partial charge in [0.15, 0.2) is 0 Å². The van der Waals surface area contributed by atoms with E-state index in [0.29, 0.717) is 12.5 Å². The van der Waals surface area contributed by atoms with Gasteiger partial charge < -0.3 is 5.11 Å². The molecule has 1 atom stereocenters. The molecule has 0 aliphatic carbocycles. The van der Waals surface area contributed by atoms with Crippen LogP contribution in [0.25, 0.3) is 0 Å². The molecule has 1 aliphatic heterocycles. The fourth-order valence-electron chi connectivity index (χ4n) is 2.21. The van der Waals surface area contributed by atoms with Crippen LogP contribution in [-0.2, 0) is 11.2 Å². The minimum Gasteiger partial charge on any atom is -0.481 e. The standard InChI is InChI=1S/C12H18N2O2S/c1-14-7-3-2-4-10(14)12-13-9(8-17-12)5-6-11(15)16/h8,10H,2-7H2,1H3,(H,15,16). The molecule has 0 aromatic carbocycles. The van der Waals surface area contributed by atoms with Crippen LogP contribution in [0.15, 0.2) is 5.38 Å². The maximum atomic E-state index is 10.5. The lowest BCUT2D eigenvalue weighted by atomic mass is 10.0. The van der Waals surface area contributed by atoms with Crippen molar-refractivity contribution in [3.63, 3.8) is 0 Å². The lowest BCUT2D eigenvalue weighted by Crippen LogP contribution is -2.29. The number of hydrogen-bond acceptors (Lipinski definition) is 4. The first-order valence-corrected chi connectivity index (χ1v) is 6.91. The van der Waals surface area contributed by atoms with E-state index in [-0.39, 0.29) is 6.42 Å². The topological polar surface area (TPSA) is 53.4 Å². The van der Waals surface area contributed by atoms with Gasteiger partial charge in [0.1, 0.15) is 5.01 Å². The van der Waals surface area contributed by atoms with E-state index in [4.69, 9.17) is 5.11 Å². The third-order valence-corrected chi connectivity index (χ3v) is 4.21. The van der Waals surface area contributed by atoms with Gasteiger partial charge in [-0.3, -0.25) is 9.69 Å². The second-order valence-corrected chi connectivity index (χ2v) is 5.45. The number of carboxylic acids is 1. The first-order valence-electron chi connectivity index (χ1n) is 6.03. The molecule has 94 valence electrons. The molecular weight excluding hydrogens is 236 g/mol. The van der Waals surface area contributed by atoms with E-state index in [1.807, 2.05) is 5.38 Å². The maximum Gasteiger partial charge on any atom is 0.303 e. The zero-order valence-electron chi connectivity index (χ0n) is 10.1. The largest absolute Gasteiger partial charge is 0.481 e. The predicted molar refractivity (Wildman–Crippen MR) is 67.3 cm³/mol. The summed E-state index contributed by atoms with van der Waals surface area (Å²) in [6.07, 6.45) is 4.41. The summed E-state index contributed by atoms with van der Waals surface area (Å²) in [5.41, 5.74) is 0.923. The maximum absolute atomic E-state index is 10.5. The Balaban J connectivity index is 1.99. The number of likely N-dealkylation sites (tertiary alicyclic amines) is 1. The van der Waals surface area contributed by atoms with E-state index >= 15 is 0 Å². The van der Waals surface area contributed by atoms with Gasteiger partial charge in [-0.25, -0.2) is 4.98 Å². The summed E-state index contributed by atoms with van der Waals surface area (Å²) in [5.74, 6) is -0.755. The molecule has 17 heavy (non-hydrogen) atoms. The summed E-state index contributed by atoms with van der Waals surface area (Å²) in [6.45, 7) is 1.13. The highest BCUT2D eigenvalue weighted by Crippen LogP contribution is 2.31. The van der Waals surface area contributed by atoms with E-state index in [1.54, 1.807) is 11.3 Å². The minimum atomic E-state index is -0.755. The number of carbonyl (C=O) groups is 1.